The maximum absolute atomic E-state index is 12.3. The van der Waals surface area contributed by atoms with Crippen molar-refractivity contribution in [1.29, 1.82) is 0 Å². The van der Waals surface area contributed by atoms with Gasteiger partial charge in [0.05, 0.1) is 18.1 Å². The maximum atomic E-state index is 12.3. The summed E-state index contributed by atoms with van der Waals surface area (Å²) >= 11 is 0. The van der Waals surface area contributed by atoms with Gasteiger partial charge in [-0.05, 0) is 25.5 Å². The zero-order chi connectivity index (χ0) is 17.3. The molecule has 0 radical (unpaired) electrons. The van der Waals surface area contributed by atoms with E-state index >= 15 is 0 Å². The SMILES string of the molecule is C[Si](C)(C)C#Cc1cnc(-c2ccc(N)c(P(C)(C)=O)c2)cn1. The van der Waals surface area contributed by atoms with E-state index in [1.807, 2.05) is 12.1 Å². The molecule has 4 nitrogen and oxygen atoms in total. The summed E-state index contributed by atoms with van der Waals surface area (Å²) in [5.74, 6) is 3.08. The summed E-state index contributed by atoms with van der Waals surface area (Å²) in [6, 6.07) is 5.48. The van der Waals surface area contributed by atoms with E-state index in [4.69, 9.17) is 5.73 Å². The Hall–Kier alpha value is -1.89. The number of hydrogen-bond acceptors (Lipinski definition) is 4. The lowest BCUT2D eigenvalue weighted by Crippen LogP contribution is -2.16. The topological polar surface area (TPSA) is 68.9 Å². The van der Waals surface area contributed by atoms with E-state index in [1.54, 1.807) is 31.8 Å². The molecule has 1 heterocycles. The molecule has 0 unspecified atom stereocenters. The normalized spacial score (nSPS) is 11.7. The van der Waals surface area contributed by atoms with Gasteiger partial charge in [0.15, 0.2) is 0 Å². The lowest BCUT2D eigenvalue weighted by Gasteiger charge is -2.12. The Morgan fingerprint density at radius 1 is 1.13 bits per heavy atom. The summed E-state index contributed by atoms with van der Waals surface area (Å²) in [6.07, 6.45) is 3.37. The van der Waals surface area contributed by atoms with Gasteiger partial charge < -0.3 is 10.3 Å². The molecule has 0 bridgehead atoms. The van der Waals surface area contributed by atoms with Crippen LogP contribution in [-0.4, -0.2) is 31.4 Å². The summed E-state index contributed by atoms with van der Waals surface area (Å²) in [7, 11) is -3.86. The van der Waals surface area contributed by atoms with Crippen molar-refractivity contribution < 1.29 is 4.57 Å². The Morgan fingerprint density at radius 2 is 1.83 bits per heavy atom. The molecule has 0 saturated heterocycles. The van der Waals surface area contributed by atoms with Gasteiger partial charge in [0.2, 0.25) is 0 Å². The fourth-order valence-corrected chi connectivity index (χ4v) is 3.61. The van der Waals surface area contributed by atoms with Crippen LogP contribution < -0.4 is 11.0 Å². The minimum atomic E-state index is -2.43. The van der Waals surface area contributed by atoms with Gasteiger partial charge in [0, 0.05) is 16.6 Å². The van der Waals surface area contributed by atoms with Crippen LogP contribution in [0.4, 0.5) is 5.69 Å². The number of benzene rings is 1. The second-order valence-electron chi connectivity index (χ2n) is 6.91. The molecular formula is C17H22N3OPSi. The number of hydrogen-bond donors (Lipinski definition) is 1. The minimum absolute atomic E-state index is 0.549. The van der Waals surface area contributed by atoms with Crippen molar-refractivity contribution in [3.63, 3.8) is 0 Å². The first kappa shape index (κ1) is 17.5. The summed E-state index contributed by atoms with van der Waals surface area (Å²) in [5, 5.41) is 0.680. The van der Waals surface area contributed by atoms with Crippen LogP contribution in [0, 0.1) is 11.5 Å². The number of nitrogens with two attached hydrogens (primary N) is 1. The van der Waals surface area contributed by atoms with E-state index in [9.17, 15) is 4.57 Å². The number of anilines is 1. The molecule has 6 heteroatoms. The van der Waals surface area contributed by atoms with E-state index < -0.39 is 15.2 Å². The average molecular weight is 343 g/mol. The van der Waals surface area contributed by atoms with Crippen LogP contribution in [0.25, 0.3) is 11.3 Å². The smallest absolute Gasteiger partial charge is 0.130 e. The van der Waals surface area contributed by atoms with E-state index in [-0.39, 0.29) is 0 Å². The van der Waals surface area contributed by atoms with Gasteiger partial charge in [-0.25, -0.2) is 4.98 Å². The van der Waals surface area contributed by atoms with E-state index in [0.717, 1.165) is 11.3 Å². The quantitative estimate of drug-likeness (QED) is 0.393. The Bertz CT molecular complexity index is 824. The average Bonchev–Trinajstić information content (AvgIpc) is 2.44. The number of nitrogens with zero attached hydrogens (tertiary/aromatic N) is 2. The van der Waals surface area contributed by atoms with Gasteiger partial charge >= 0.3 is 0 Å². The zero-order valence-corrected chi connectivity index (χ0v) is 16.1. The third kappa shape index (κ3) is 4.79. The number of aromatic nitrogens is 2. The molecule has 1 aromatic heterocycles. The van der Waals surface area contributed by atoms with Crippen molar-refractivity contribution in [2.24, 2.45) is 0 Å². The van der Waals surface area contributed by atoms with Crippen molar-refractivity contribution in [2.75, 3.05) is 19.1 Å². The Morgan fingerprint density at radius 3 is 2.35 bits per heavy atom. The fourth-order valence-electron chi connectivity index (χ4n) is 1.96. The second-order valence-corrected chi connectivity index (χ2v) is 14.8. The largest absolute Gasteiger partial charge is 0.398 e. The molecule has 120 valence electrons. The Kier molecular flexibility index (Phi) is 4.79. The summed E-state index contributed by atoms with van der Waals surface area (Å²) < 4.78 is 12.3. The second kappa shape index (κ2) is 6.31. The van der Waals surface area contributed by atoms with Gasteiger partial charge in [0.25, 0.3) is 0 Å². The molecule has 0 aliphatic heterocycles. The van der Waals surface area contributed by atoms with Crippen molar-refractivity contribution in [3.8, 4) is 22.7 Å². The van der Waals surface area contributed by atoms with Crippen molar-refractivity contribution in [1.82, 2.24) is 9.97 Å². The molecule has 0 atom stereocenters. The van der Waals surface area contributed by atoms with Gasteiger partial charge in [-0.2, -0.15) is 0 Å². The third-order valence-electron chi connectivity index (χ3n) is 3.12. The highest BCUT2D eigenvalue weighted by atomic mass is 31.2. The minimum Gasteiger partial charge on any atom is -0.398 e. The van der Waals surface area contributed by atoms with Gasteiger partial charge in [-0.1, -0.05) is 31.6 Å². The molecule has 0 fully saturated rings. The standard InChI is InChI=1S/C17H22N3OPSi/c1-22(2,21)17-10-13(6-7-15(17)18)16-12-19-14(11-20-16)8-9-23(3,4)5/h6-7,10-12H,18H2,1-5H3. The first-order chi connectivity index (χ1) is 10.6. The van der Waals surface area contributed by atoms with E-state index in [1.165, 1.54) is 0 Å². The molecule has 0 amide bonds. The van der Waals surface area contributed by atoms with Crippen LogP contribution in [0.15, 0.2) is 30.6 Å². The van der Waals surface area contributed by atoms with Crippen LogP contribution in [-0.2, 0) is 4.57 Å². The number of nitrogen functional groups attached to an aromatic ring is 1. The fraction of sp³-hybridized carbons (Fsp3) is 0.294. The van der Waals surface area contributed by atoms with E-state index in [0.29, 0.717) is 16.7 Å². The number of rotatable bonds is 2. The maximum Gasteiger partial charge on any atom is 0.130 e. The van der Waals surface area contributed by atoms with Crippen molar-refractivity contribution in [3.05, 3.63) is 36.3 Å². The molecule has 0 spiro atoms. The highest BCUT2D eigenvalue weighted by Gasteiger charge is 2.16. The van der Waals surface area contributed by atoms with Crippen LogP contribution >= 0.6 is 7.14 Å². The predicted molar refractivity (Wildman–Crippen MR) is 101 cm³/mol. The zero-order valence-electron chi connectivity index (χ0n) is 14.2. The molecule has 0 aliphatic carbocycles. The van der Waals surface area contributed by atoms with Gasteiger partial charge in [-0.15, -0.1) is 5.54 Å². The Balaban J connectivity index is 2.37. The molecule has 2 rings (SSSR count). The van der Waals surface area contributed by atoms with Crippen LogP contribution in [0.5, 0.6) is 0 Å². The Labute approximate surface area is 138 Å². The summed E-state index contributed by atoms with van der Waals surface area (Å²) in [6.45, 7) is 9.98. The lowest BCUT2D eigenvalue weighted by molar-refractivity contribution is 0.588. The van der Waals surface area contributed by atoms with Gasteiger partial charge in [-0.3, -0.25) is 4.98 Å². The monoisotopic (exact) mass is 343 g/mol. The third-order valence-corrected chi connectivity index (χ3v) is 5.55. The van der Waals surface area contributed by atoms with Crippen LogP contribution in [0.3, 0.4) is 0 Å². The summed E-state index contributed by atoms with van der Waals surface area (Å²) in [5.41, 5.74) is 12.0. The highest BCUT2D eigenvalue weighted by molar-refractivity contribution is 7.70. The first-order valence-corrected chi connectivity index (χ1v) is 13.5. The van der Waals surface area contributed by atoms with E-state index in [2.05, 4.69) is 41.1 Å². The van der Waals surface area contributed by atoms with Gasteiger partial charge in [0.1, 0.15) is 20.9 Å². The molecule has 2 N–H and O–H groups in total. The molecule has 2 aromatic rings. The molecule has 1 aromatic carbocycles. The molecule has 23 heavy (non-hydrogen) atoms. The first-order valence-electron chi connectivity index (χ1n) is 7.37. The molecule has 0 aliphatic rings. The molecule has 0 saturated carbocycles. The molecular weight excluding hydrogens is 321 g/mol. The summed E-state index contributed by atoms with van der Waals surface area (Å²) in [4.78, 5) is 8.78. The van der Waals surface area contributed by atoms with Crippen LogP contribution in [0.2, 0.25) is 19.6 Å². The van der Waals surface area contributed by atoms with Crippen LogP contribution in [0.1, 0.15) is 5.69 Å². The van der Waals surface area contributed by atoms with Crippen molar-refractivity contribution in [2.45, 2.75) is 19.6 Å². The lowest BCUT2D eigenvalue weighted by atomic mass is 10.1. The predicted octanol–water partition coefficient (Wildman–Crippen LogP) is 3.20. The highest BCUT2D eigenvalue weighted by Crippen LogP contribution is 2.38. The van der Waals surface area contributed by atoms with Crippen molar-refractivity contribution >= 4 is 26.2 Å².